The van der Waals surface area contributed by atoms with E-state index in [1.807, 2.05) is 18.2 Å². The van der Waals surface area contributed by atoms with Crippen LogP contribution in [0.3, 0.4) is 0 Å². The van der Waals surface area contributed by atoms with Gasteiger partial charge in [-0.25, -0.2) is 4.68 Å². The van der Waals surface area contributed by atoms with Gasteiger partial charge in [0.15, 0.2) is 4.60 Å². The summed E-state index contributed by atoms with van der Waals surface area (Å²) in [6, 6.07) is 5.63. The summed E-state index contributed by atoms with van der Waals surface area (Å²) in [5, 5.41) is 18.1. The highest BCUT2D eigenvalue weighted by atomic mass is 79.9. The van der Waals surface area contributed by atoms with E-state index in [0.717, 1.165) is 14.5 Å². The Bertz CT molecular complexity index is 536. The van der Waals surface area contributed by atoms with Gasteiger partial charge >= 0.3 is 0 Å². The molecule has 0 amide bonds. The van der Waals surface area contributed by atoms with Crippen LogP contribution >= 0.6 is 47.8 Å². The Labute approximate surface area is 123 Å². The number of hydrogen-bond acceptors (Lipinski definition) is 3. The third kappa shape index (κ3) is 2.62. The Kier molecular flexibility index (Phi) is 4.02. The Balaban J connectivity index is 2.50. The van der Waals surface area contributed by atoms with Crippen LogP contribution in [0, 0.1) is 0 Å². The average Bonchev–Trinajstić information content (AvgIpc) is 2.61. The van der Waals surface area contributed by atoms with E-state index in [-0.39, 0.29) is 0 Å². The van der Waals surface area contributed by atoms with Crippen LogP contribution in [0.25, 0.3) is 0 Å². The molecule has 0 aliphatic rings. The number of aryl methyl sites for hydroxylation is 1. The van der Waals surface area contributed by atoms with E-state index >= 15 is 0 Å². The summed E-state index contributed by atoms with van der Waals surface area (Å²) in [5.41, 5.74) is 1.37. The summed E-state index contributed by atoms with van der Waals surface area (Å²) in [5.74, 6) is 0. The molecule has 0 radical (unpaired) electrons. The van der Waals surface area contributed by atoms with Gasteiger partial charge in [-0.15, -0.1) is 5.10 Å². The van der Waals surface area contributed by atoms with Crippen LogP contribution in [0.15, 0.2) is 31.7 Å². The molecule has 1 unspecified atom stereocenters. The molecular formula is C10H8Br3N3O. The standard InChI is InChI=1S/C10H8Br3N3O/c1-16-8(10(13)14-15-16)9(17)6-4-5(11)2-3-7(6)12/h2-4,9,17H,1H3. The summed E-state index contributed by atoms with van der Waals surface area (Å²) in [6.45, 7) is 0. The predicted molar refractivity (Wildman–Crippen MR) is 74.6 cm³/mol. The SMILES string of the molecule is Cn1nnc(Br)c1C(O)c1cc(Br)ccc1Br. The van der Waals surface area contributed by atoms with Gasteiger partial charge in [0.25, 0.3) is 0 Å². The molecule has 0 fully saturated rings. The zero-order valence-electron chi connectivity index (χ0n) is 8.73. The first kappa shape index (κ1) is 13.2. The van der Waals surface area contributed by atoms with Crippen molar-refractivity contribution in [1.29, 1.82) is 0 Å². The molecule has 1 N–H and O–H groups in total. The molecule has 7 heteroatoms. The van der Waals surface area contributed by atoms with Crippen LogP contribution < -0.4 is 0 Å². The molecule has 90 valence electrons. The van der Waals surface area contributed by atoms with E-state index in [9.17, 15) is 5.11 Å². The Morgan fingerprint density at radius 3 is 2.59 bits per heavy atom. The first-order valence-electron chi connectivity index (χ1n) is 4.68. The molecule has 1 heterocycles. The summed E-state index contributed by atoms with van der Waals surface area (Å²) in [7, 11) is 1.74. The zero-order valence-corrected chi connectivity index (χ0v) is 13.5. The molecule has 1 aromatic heterocycles. The minimum Gasteiger partial charge on any atom is -0.382 e. The van der Waals surface area contributed by atoms with Crippen molar-refractivity contribution in [2.24, 2.45) is 7.05 Å². The molecule has 1 atom stereocenters. The van der Waals surface area contributed by atoms with E-state index in [2.05, 4.69) is 58.1 Å². The number of aromatic nitrogens is 3. The maximum atomic E-state index is 10.4. The predicted octanol–water partition coefficient (Wildman–Crippen LogP) is 3.18. The van der Waals surface area contributed by atoms with Gasteiger partial charge in [0.2, 0.25) is 0 Å². The first-order chi connectivity index (χ1) is 8.00. The van der Waals surface area contributed by atoms with Crippen LogP contribution in [0.1, 0.15) is 17.4 Å². The fraction of sp³-hybridized carbons (Fsp3) is 0.200. The van der Waals surface area contributed by atoms with Crippen molar-refractivity contribution in [3.8, 4) is 0 Å². The molecule has 0 saturated heterocycles. The van der Waals surface area contributed by atoms with Gasteiger partial charge in [0.05, 0.1) is 0 Å². The van der Waals surface area contributed by atoms with Crippen molar-refractivity contribution < 1.29 is 5.11 Å². The highest BCUT2D eigenvalue weighted by molar-refractivity contribution is 9.11. The fourth-order valence-corrected chi connectivity index (χ4v) is 2.89. The Morgan fingerprint density at radius 1 is 1.29 bits per heavy atom. The third-order valence-corrected chi connectivity index (χ3v) is 4.12. The van der Waals surface area contributed by atoms with Crippen LogP contribution in [0.2, 0.25) is 0 Å². The lowest BCUT2D eigenvalue weighted by Crippen LogP contribution is -2.08. The Morgan fingerprint density at radius 2 is 2.00 bits per heavy atom. The van der Waals surface area contributed by atoms with Gasteiger partial charge in [-0.2, -0.15) is 0 Å². The lowest BCUT2D eigenvalue weighted by molar-refractivity contribution is 0.208. The summed E-state index contributed by atoms with van der Waals surface area (Å²) >= 11 is 10.1. The molecule has 0 spiro atoms. The molecular weight excluding hydrogens is 418 g/mol. The van der Waals surface area contributed by atoms with Gasteiger partial charge in [0.1, 0.15) is 11.8 Å². The van der Waals surface area contributed by atoms with Crippen molar-refractivity contribution in [3.63, 3.8) is 0 Å². The third-order valence-electron chi connectivity index (χ3n) is 2.34. The van der Waals surface area contributed by atoms with Crippen LogP contribution in [0.4, 0.5) is 0 Å². The summed E-state index contributed by atoms with van der Waals surface area (Å²) < 4.78 is 3.82. The second-order valence-electron chi connectivity index (χ2n) is 3.46. The lowest BCUT2D eigenvalue weighted by atomic mass is 10.1. The molecule has 0 saturated carbocycles. The quantitative estimate of drug-likeness (QED) is 0.804. The summed E-state index contributed by atoms with van der Waals surface area (Å²) in [4.78, 5) is 0. The molecule has 2 rings (SSSR count). The van der Waals surface area contributed by atoms with E-state index in [1.54, 1.807) is 11.7 Å². The summed E-state index contributed by atoms with van der Waals surface area (Å²) in [6.07, 6.45) is -0.795. The first-order valence-corrected chi connectivity index (χ1v) is 7.06. The van der Waals surface area contributed by atoms with E-state index in [0.29, 0.717) is 10.3 Å². The molecule has 1 aromatic carbocycles. The van der Waals surface area contributed by atoms with Crippen molar-refractivity contribution >= 4 is 47.8 Å². The molecule has 0 aliphatic carbocycles. The maximum Gasteiger partial charge on any atom is 0.154 e. The van der Waals surface area contributed by atoms with Crippen LogP contribution in [-0.2, 0) is 7.05 Å². The smallest absolute Gasteiger partial charge is 0.154 e. The maximum absolute atomic E-state index is 10.4. The number of benzene rings is 1. The van der Waals surface area contributed by atoms with Crippen LogP contribution in [0.5, 0.6) is 0 Å². The van der Waals surface area contributed by atoms with Crippen molar-refractivity contribution in [1.82, 2.24) is 15.0 Å². The van der Waals surface area contributed by atoms with Gasteiger partial charge in [-0.3, -0.25) is 0 Å². The molecule has 0 aliphatic heterocycles. The van der Waals surface area contributed by atoms with Gasteiger partial charge in [-0.05, 0) is 34.1 Å². The molecule has 4 nitrogen and oxygen atoms in total. The van der Waals surface area contributed by atoms with E-state index < -0.39 is 6.10 Å². The number of rotatable bonds is 2. The number of nitrogens with zero attached hydrogens (tertiary/aromatic N) is 3. The van der Waals surface area contributed by atoms with Gasteiger partial charge in [-0.1, -0.05) is 37.1 Å². The lowest BCUT2D eigenvalue weighted by Gasteiger charge is -2.13. The normalized spacial score (nSPS) is 12.8. The van der Waals surface area contributed by atoms with E-state index in [4.69, 9.17) is 0 Å². The largest absolute Gasteiger partial charge is 0.382 e. The van der Waals surface area contributed by atoms with Gasteiger partial charge < -0.3 is 5.11 Å². The topological polar surface area (TPSA) is 50.9 Å². The second-order valence-corrected chi connectivity index (χ2v) is 5.98. The highest BCUT2D eigenvalue weighted by Gasteiger charge is 2.21. The van der Waals surface area contributed by atoms with E-state index in [1.165, 1.54) is 0 Å². The van der Waals surface area contributed by atoms with Crippen molar-refractivity contribution in [2.45, 2.75) is 6.10 Å². The van der Waals surface area contributed by atoms with Crippen LogP contribution in [-0.4, -0.2) is 20.1 Å². The van der Waals surface area contributed by atoms with Crippen molar-refractivity contribution in [2.75, 3.05) is 0 Å². The number of aliphatic hydroxyl groups is 1. The van der Waals surface area contributed by atoms with Crippen molar-refractivity contribution in [3.05, 3.63) is 43.0 Å². The second kappa shape index (κ2) is 5.17. The number of halogens is 3. The molecule has 17 heavy (non-hydrogen) atoms. The minimum atomic E-state index is -0.795. The zero-order chi connectivity index (χ0) is 12.6. The average molecular weight is 426 g/mol. The molecule has 2 aromatic rings. The monoisotopic (exact) mass is 423 g/mol. The number of hydrogen-bond donors (Lipinski definition) is 1. The number of aliphatic hydroxyl groups excluding tert-OH is 1. The Hall–Kier alpha value is -0.240. The fourth-order valence-electron chi connectivity index (χ4n) is 1.50. The minimum absolute atomic E-state index is 0.541. The highest BCUT2D eigenvalue weighted by Crippen LogP contribution is 2.32. The molecule has 0 bridgehead atoms. The van der Waals surface area contributed by atoms with Gasteiger partial charge in [0, 0.05) is 21.6 Å².